The summed E-state index contributed by atoms with van der Waals surface area (Å²) in [4.78, 5) is 9.91. The van der Waals surface area contributed by atoms with E-state index in [-0.39, 0.29) is 0 Å². The van der Waals surface area contributed by atoms with Gasteiger partial charge in [-0.2, -0.15) is 0 Å². The second kappa shape index (κ2) is 12.7. The number of ether oxygens (including phenoxy) is 2. The van der Waals surface area contributed by atoms with Gasteiger partial charge in [0.15, 0.2) is 8.07 Å². The summed E-state index contributed by atoms with van der Waals surface area (Å²) in [6.07, 6.45) is 1.86. The first-order valence-electron chi connectivity index (χ1n) is 18.8. The van der Waals surface area contributed by atoms with E-state index >= 15 is 0 Å². The highest BCUT2D eigenvalue weighted by atomic mass is 28.3. The maximum atomic E-state index is 7.09. The van der Waals surface area contributed by atoms with Gasteiger partial charge in [-0.05, 0) is 81.4 Å². The first-order chi connectivity index (χ1) is 27.7. The number of hydrogen-bond donors (Lipinski definition) is 0. The van der Waals surface area contributed by atoms with Crippen molar-refractivity contribution in [3.8, 4) is 40.1 Å². The van der Waals surface area contributed by atoms with Crippen LogP contribution in [0.15, 0.2) is 188 Å². The van der Waals surface area contributed by atoms with E-state index in [0.29, 0.717) is 0 Å². The summed E-state index contributed by atoms with van der Waals surface area (Å²) in [6.45, 7) is 0. The molecule has 0 aliphatic carbocycles. The lowest BCUT2D eigenvalue weighted by Gasteiger charge is -2.39. The van der Waals surface area contributed by atoms with E-state index in [1.54, 1.807) is 0 Å². The van der Waals surface area contributed by atoms with Crippen LogP contribution < -0.4 is 30.2 Å². The molecular formula is C49H34N4O2Si. The molecule has 0 radical (unpaired) electrons. The Labute approximate surface area is 324 Å². The average Bonchev–Trinajstić information content (AvgIpc) is 3.78. The summed E-state index contributed by atoms with van der Waals surface area (Å²) < 4.78 is 18.0. The van der Waals surface area contributed by atoms with E-state index < -0.39 is 8.07 Å². The second-order valence-corrected chi connectivity index (χ2v) is 18.0. The maximum Gasteiger partial charge on any atom is 0.188 e. The summed E-state index contributed by atoms with van der Waals surface area (Å²) in [5.74, 6) is 4.13. The Kier molecular flexibility index (Phi) is 7.30. The fourth-order valence-corrected chi connectivity index (χ4v) is 13.7. The van der Waals surface area contributed by atoms with Crippen LogP contribution in [0.3, 0.4) is 0 Å². The molecule has 1 aliphatic rings. The molecule has 0 spiro atoms. The molecule has 0 atom stereocenters. The highest BCUT2D eigenvalue weighted by Crippen LogP contribution is 2.41. The third-order valence-corrected chi connectivity index (χ3v) is 16.0. The van der Waals surface area contributed by atoms with Crippen LogP contribution in [0.5, 0.6) is 23.0 Å². The first kappa shape index (κ1) is 32.2. The zero-order chi connectivity index (χ0) is 37.2. The molecule has 0 bridgehead atoms. The van der Waals surface area contributed by atoms with E-state index in [1.807, 2.05) is 67.8 Å². The zero-order valence-corrected chi connectivity index (χ0v) is 31.5. The molecule has 3 aromatic heterocycles. The van der Waals surface area contributed by atoms with Crippen molar-refractivity contribution in [2.24, 2.45) is 7.05 Å². The monoisotopic (exact) mass is 738 g/mol. The molecular weight excluding hydrogens is 705 g/mol. The van der Waals surface area contributed by atoms with Gasteiger partial charge in [0.2, 0.25) is 0 Å². The van der Waals surface area contributed by atoms with E-state index in [0.717, 1.165) is 73.0 Å². The second-order valence-electron chi connectivity index (χ2n) is 14.2. The van der Waals surface area contributed by atoms with Crippen LogP contribution in [-0.2, 0) is 7.05 Å². The van der Waals surface area contributed by atoms with E-state index in [9.17, 15) is 0 Å². The van der Waals surface area contributed by atoms with Gasteiger partial charge in [-0.3, -0.25) is 4.57 Å². The van der Waals surface area contributed by atoms with Gasteiger partial charge in [-0.25, -0.2) is 9.97 Å². The Morgan fingerprint density at radius 1 is 0.589 bits per heavy atom. The molecule has 7 heteroatoms. The minimum Gasteiger partial charge on any atom is -0.457 e. The number of imidazole rings is 1. The van der Waals surface area contributed by atoms with Crippen LogP contribution in [0.1, 0.15) is 0 Å². The smallest absolute Gasteiger partial charge is 0.188 e. The van der Waals surface area contributed by atoms with Gasteiger partial charge in [0.1, 0.15) is 34.5 Å². The van der Waals surface area contributed by atoms with Crippen molar-refractivity contribution in [2.45, 2.75) is 0 Å². The van der Waals surface area contributed by atoms with Crippen LogP contribution >= 0.6 is 0 Å². The van der Waals surface area contributed by atoms with Gasteiger partial charge in [0.25, 0.3) is 0 Å². The predicted molar refractivity (Wildman–Crippen MR) is 228 cm³/mol. The molecule has 0 fully saturated rings. The fourth-order valence-electron chi connectivity index (χ4n) is 8.78. The Hall–Kier alpha value is -7.22. The Morgan fingerprint density at radius 2 is 1.30 bits per heavy atom. The zero-order valence-electron chi connectivity index (χ0n) is 30.5. The molecule has 0 N–H and O–H groups in total. The molecule has 10 aromatic rings. The molecule has 0 saturated heterocycles. The summed E-state index contributed by atoms with van der Waals surface area (Å²) in [7, 11) is -0.777. The van der Waals surface area contributed by atoms with Crippen LogP contribution in [0.2, 0.25) is 0 Å². The summed E-state index contributed by atoms with van der Waals surface area (Å²) >= 11 is 0. The Bertz CT molecular complexity index is 3080. The van der Waals surface area contributed by atoms with Gasteiger partial charge >= 0.3 is 0 Å². The van der Waals surface area contributed by atoms with Crippen molar-refractivity contribution in [1.82, 2.24) is 19.1 Å². The molecule has 1 aliphatic heterocycles. The molecule has 0 unspecified atom stereocenters. The maximum absolute atomic E-state index is 7.09. The number of hydrogen-bond acceptors (Lipinski definition) is 4. The van der Waals surface area contributed by atoms with Gasteiger partial charge < -0.3 is 14.0 Å². The number of aryl methyl sites for hydroxylation is 1. The molecule has 56 heavy (non-hydrogen) atoms. The van der Waals surface area contributed by atoms with E-state index in [2.05, 4.69) is 137 Å². The summed E-state index contributed by atoms with van der Waals surface area (Å²) in [5.41, 5.74) is 5.85. The number of rotatable bonds is 6. The van der Waals surface area contributed by atoms with E-state index in [1.165, 1.54) is 20.7 Å². The van der Waals surface area contributed by atoms with Crippen LogP contribution in [-0.4, -0.2) is 27.2 Å². The molecule has 7 aromatic carbocycles. The van der Waals surface area contributed by atoms with Crippen molar-refractivity contribution in [1.29, 1.82) is 0 Å². The minimum absolute atomic E-state index is 0.721. The third kappa shape index (κ3) is 4.81. The van der Waals surface area contributed by atoms with Crippen molar-refractivity contribution in [3.63, 3.8) is 0 Å². The van der Waals surface area contributed by atoms with Gasteiger partial charge in [0.05, 0.1) is 27.6 Å². The lowest BCUT2D eigenvalue weighted by atomic mass is 10.1. The molecule has 11 rings (SSSR count). The largest absolute Gasteiger partial charge is 0.457 e. The third-order valence-electron chi connectivity index (χ3n) is 11.2. The van der Waals surface area contributed by atoms with Crippen molar-refractivity contribution in [3.05, 3.63) is 188 Å². The molecule has 0 amide bonds. The number of aromatic nitrogens is 4. The molecule has 4 heterocycles. The minimum atomic E-state index is -2.83. The highest BCUT2D eigenvalue weighted by molar-refractivity contribution is 7.20. The SMILES string of the molecule is Cn1c(-c2cccc(Oc3cccc(-n4c5ccc6c(c5c5cccnc54)Oc4ccccc4[Si]6(c4ccccc4)c4ccccc4)c3)c2)nc2ccccc21. The van der Waals surface area contributed by atoms with E-state index in [4.69, 9.17) is 19.4 Å². The van der Waals surface area contributed by atoms with Crippen LogP contribution in [0, 0.1) is 0 Å². The molecule has 6 nitrogen and oxygen atoms in total. The quantitative estimate of drug-likeness (QED) is 0.160. The number of para-hydroxylation sites is 3. The predicted octanol–water partition coefficient (Wildman–Crippen LogP) is 9.01. The van der Waals surface area contributed by atoms with Gasteiger partial charge in [-0.15, -0.1) is 0 Å². The first-order valence-corrected chi connectivity index (χ1v) is 20.8. The van der Waals surface area contributed by atoms with Gasteiger partial charge in [0, 0.05) is 30.3 Å². The Balaban J connectivity index is 1.08. The van der Waals surface area contributed by atoms with Crippen molar-refractivity contribution in [2.75, 3.05) is 0 Å². The number of pyridine rings is 1. The Morgan fingerprint density at radius 3 is 2.11 bits per heavy atom. The van der Waals surface area contributed by atoms with Crippen molar-refractivity contribution >= 4 is 61.8 Å². The number of benzene rings is 7. The lowest BCUT2D eigenvalue weighted by Crippen LogP contribution is -2.76. The standard InChI is InChI=1S/C49H34N4O2Si/c1-52-41-25-9-8-24-40(41)51-48(52)33-15-12-17-35(31-33)54-36-18-13-16-34(32-36)53-42-28-29-45-47(46(42)39-23-14-30-50-49(39)53)55-43-26-10-11-27-44(43)56(45,37-19-4-2-5-20-37)38-21-6-3-7-22-38/h2-32H,1H3. The average molecular weight is 739 g/mol. The fraction of sp³-hybridized carbons (Fsp3) is 0.0204. The molecule has 266 valence electrons. The normalized spacial score (nSPS) is 13.0. The number of fused-ring (bicyclic) bond motifs is 7. The summed E-state index contributed by atoms with van der Waals surface area (Å²) in [6, 6.07) is 63.9. The molecule has 0 saturated carbocycles. The lowest BCUT2D eigenvalue weighted by molar-refractivity contribution is 0.482. The van der Waals surface area contributed by atoms with Crippen LogP contribution in [0.25, 0.3) is 50.0 Å². The summed E-state index contributed by atoms with van der Waals surface area (Å²) in [5, 5.41) is 7.18. The number of nitrogens with zero attached hydrogens (tertiary/aromatic N) is 4. The van der Waals surface area contributed by atoms with Crippen molar-refractivity contribution < 1.29 is 9.47 Å². The topological polar surface area (TPSA) is 54.1 Å². The van der Waals surface area contributed by atoms with Gasteiger partial charge in [-0.1, -0.05) is 115 Å². The highest BCUT2D eigenvalue weighted by Gasteiger charge is 2.48. The van der Waals surface area contributed by atoms with Crippen LogP contribution in [0.4, 0.5) is 0 Å².